The minimum atomic E-state index is -0.932. The molecule has 1 N–H and O–H groups in total. The predicted octanol–water partition coefficient (Wildman–Crippen LogP) is 3.54. The molecule has 0 saturated heterocycles. The molecule has 2 heteroatoms. The Morgan fingerprint density at radius 1 is 1.21 bits per heavy atom. The van der Waals surface area contributed by atoms with Crippen LogP contribution < -0.4 is 0 Å². The molecule has 0 spiro atoms. The highest BCUT2D eigenvalue weighted by atomic mass is 16.3. The number of benzene rings is 1. The van der Waals surface area contributed by atoms with Crippen molar-refractivity contribution in [1.29, 1.82) is 5.26 Å². The van der Waals surface area contributed by atoms with Crippen LogP contribution in [-0.4, -0.2) is 5.11 Å². The second-order valence-corrected chi connectivity index (χ2v) is 6.39. The monoisotopic (exact) mass is 255 g/mol. The largest absolute Gasteiger partial charge is 0.383 e. The Morgan fingerprint density at radius 3 is 2.58 bits per heavy atom. The molecule has 1 aromatic rings. The van der Waals surface area contributed by atoms with Crippen LogP contribution in [0.3, 0.4) is 0 Å². The maximum absolute atomic E-state index is 11.3. The van der Waals surface area contributed by atoms with E-state index in [4.69, 9.17) is 0 Å². The summed E-state index contributed by atoms with van der Waals surface area (Å²) in [7, 11) is 0. The normalized spacial score (nSPS) is 37.6. The smallest absolute Gasteiger partial charge is 0.109 e. The number of rotatable bonds is 1. The Kier molecular flexibility index (Phi) is 2.91. The van der Waals surface area contributed by atoms with Crippen molar-refractivity contribution in [3.63, 3.8) is 0 Å². The summed E-state index contributed by atoms with van der Waals surface area (Å²) in [5.41, 5.74) is 0.717. The number of hydrogen-bond acceptors (Lipinski definition) is 2. The first-order valence-corrected chi connectivity index (χ1v) is 7.33. The lowest BCUT2D eigenvalue weighted by Crippen LogP contribution is -2.45. The third-order valence-corrected chi connectivity index (χ3v) is 5.35. The second-order valence-electron chi connectivity index (χ2n) is 6.39. The number of nitrogens with zero attached hydrogens (tertiary/aromatic N) is 1. The molecule has 2 nitrogen and oxygen atoms in total. The van der Waals surface area contributed by atoms with Gasteiger partial charge in [-0.3, -0.25) is 0 Å². The molecule has 19 heavy (non-hydrogen) atoms. The van der Waals surface area contributed by atoms with Crippen molar-refractivity contribution in [2.24, 2.45) is 11.3 Å². The van der Waals surface area contributed by atoms with Crippen LogP contribution in [0, 0.1) is 22.7 Å². The van der Waals surface area contributed by atoms with Gasteiger partial charge in [0.05, 0.1) is 11.5 Å². The first kappa shape index (κ1) is 12.7. The molecule has 0 bridgehead atoms. The summed E-state index contributed by atoms with van der Waals surface area (Å²) in [5.74, 6) is 0.682. The van der Waals surface area contributed by atoms with Gasteiger partial charge in [0.2, 0.25) is 0 Å². The fraction of sp³-hybridized carbons (Fsp3) is 0.588. The zero-order valence-electron chi connectivity index (χ0n) is 11.5. The number of fused-ring (bicyclic) bond motifs is 1. The average Bonchev–Trinajstić information content (AvgIpc) is 2.80. The fourth-order valence-corrected chi connectivity index (χ4v) is 3.96. The van der Waals surface area contributed by atoms with Crippen LogP contribution in [0.25, 0.3) is 0 Å². The Balaban J connectivity index is 2.03. The van der Waals surface area contributed by atoms with E-state index in [0.717, 1.165) is 37.7 Å². The summed E-state index contributed by atoms with van der Waals surface area (Å²) in [6, 6.07) is 10.6. The van der Waals surface area contributed by atoms with Gasteiger partial charge < -0.3 is 5.11 Å². The molecule has 1 fully saturated rings. The van der Waals surface area contributed by atoms with E-state index in [9.17, 15) is 10.4 Å². The molecule has 2 aliphatic carbocycles. The van der Waals surface area contributed by atoms with Crippen LogP contribution in [0.1, 0.15) is 50.2 Å². The molecule has 3 rings (SSSR count). The van der Waals surface area contributed by atoms with Crippen LogP contribution in [0.15, 0.2) is 24.3 Å². The van der Waals surface area contributed by atoms with Crippen LogP contribution in [-0.2, 0) is 12.0 Å². The van der Waals surface area contributed by atoms with Crippen molar-refractivity contribution < 1.29 is 5.11 Å². The standard InChI is InChI=1S/C17H21NO/c1-13-6-9-16(12-18,10-7-13)17(19)11-8-14-4-2-3-5-15(14)17/h2-5,13,19H,6-11H2,1H3. The van der Waals surface area contributed by atoms with Crippen molar-refractivity contribution in [3.8, 4) is 6.07 Å². The van der Waals surface area contributed by atoms with Crippen molar-refractivity contribution in [2.75, 3.05) is 0 Å². The Hall–Kier alpha value is -1.33. The molecule has 1 atom stereocenters. The van der Waals surface area contributed by atoms with E-state index in [0.29, 0.717) is 12.3 Å². The summed E-state index contributed by atoms with van der Waals surface area (Å²) in [5, 5.41) is 21.1. The lowest BCUT2D eigenvalue weighted by molar-refractivity contribution is -0.0821. The SMILES string of the molecule is CC1CCC(C#N)(C2(O)CCc3ccccc32)CC1. The zero-order valence-corrected chi connectivity index (χ0v) is 11.5. The lowest BCUT2D eigenvalue weighted by atomic mass is 9.60. The number of aliphatic hydroxyl groups is 1. The molecule has 1 saturated carbocycles. The molecule has 2 aliphatic rings. The Labute approximate surface area is 115 Å². The third kappa shape index (κ3) is 1.72. The quantitative estimate of drug-likeness (QED) is 0.834. The number of nitriles is 1. The first-order valence-electron chi connectivity index (χ1n) is 7.33. The molecule has 0 radical (unpaired) electrons. The molecule has 1 unspecified atom stereocenters. The summed E-state index contributed by atoms with van der Waals surface area (Å²) in [6.07, 6.45) is 5.36. The maximum atomic E-state index is 11.3. The van der Waals surface area contributed by atoms with Gasteiger partial charge in [0.1, 0.15) is 5.60 Å². The minimum absolute atomic E-state index is 0.577. The van der Waals surface area contributed by atoms with Gasteiger partial charge in [-0.05, 0) is 55.6 Å². The van der Waals surface area contributed by atoms with Crippen LogP contribution in [0.2, 0.25) is 0 Å². The second kappa shape index (κ2) is 4.35. The van der Waals surface area contributed by atoms with Gasteiger partial charge in [-0.2, -0.15) is 5.26 Å². The zero-order chi connectivity index (χ0) is 13.5. The van der Waals surface area contributed by atoms with E-state index in [1.54, 1.807) is 0 Å². The van der Waals surface area contributed by atoms with Crippen molar-refractivity contribution in [2.45, 2.75) is 51.0 Å². The molecule has 100 valence electrons. The highest BCUT2D eigenvalue weighted by Gasteiger charge is 2.55. The average molecular weight is 255 g/mol. The van der Waals surface area contributed by atoms with Gasteiger partial charge in [-0.25, -0.2) is 0 Å². The number of hydrogen-bond donors (Lipinski definition) is 1. The molecule has 0 aromatic heterocycles. The highest BCUT2D eigenvalue weighted by Crippen LogP contribution is 2.55. The summed E-state index contributed by atoms with van der Waals surface area (Å²) in [6.45, 7) is 2.24. The Morgan fingerprint density at radius 2 is 1.89 bits per heavy atom. The van der Waals surface area contributed by atoms with Gasteiger partial charge in [-0.1, -0.05) is 31.2 Å². The van der Waals surface area contributed by atoms with Crippen LogP contribution >= 0.6 is 0 Å². The molecule has 1 aromatic carbocycles. The molecule has 0 aliphatic heterocycles. The van der Waals surface area contributed by atoms with Gasteiger partial charge in [0.25, 0.3) is 0 Å². The topological polar surface area (TPSA) is 44.0 Å². The Bertz CT molecular complexity index is 522. The van der Waals surface area contributed by atoms with Gasteiger partial charge >= 0.3 is 0 Å². The first-order chi connectivity index (χ1) is 9.11. The number of aryl methyl sites for hydroxylation is 1. The van der Waals surface area contributed by atoms with Gasteiger partial charge in [-0.15, -0.1) is 0 Å². The van der Waals surface area contributed by atoms with E-state index in [-0.39, 0.29) is 0 Å². The van der Waals surface area contributed by atoms with E-state index >= 15 is 0 Å². The molecular weight excluding hydrogens is 234 g/mol. The van der Waals surface area contributed by atoms with E-state index < -0.39 is 11.0 Å². The van der Waals surface area contributed by atoms with Crippen molar-refractivity contribution in [1.82, 2.24) is 0 Å². The van der Waals surface area contributed by atoms with Crippen LogP contribution in [0.5, 0.6) is 0 Å². The van der Waals surface area contributed by atoms with Crippen molar-refractivity contribution in [3.05, 3.63) is 35.4 Å². The third-order valence-electron chi connectivity index (χ3n) is 5.35. The molecule has 0 heterocycles. The lowest BCUT2D eigenvalue weighted by Gasteiger charge is -2.44. The van der Waals surface area contributed by atoms with Crippen LogP contribution in [0.4, 0.5) is 0 Å². The van der Waals surface area contributed by atoms with E-state index in [2.05, 4.69) is 19.1 Å². The highest BCUT2D eigenvalue weighted by molar-refractivity contribution is 5.41. The van der Waals surface area contributed by atoms with Gasteiger partial charge in [0.15, 0.2) is 0 Å². The van der Waals surface area contributed by atoms with E-state index in [1.165, 1.54) is 5.56 Å². The minimum Gasteiger partial charge on any atom is -0.383 e. The summed E-state index contributed by atoms with van der Waals surface area (Å²) in [4.78, 5) is 0. The summed E-state index contributed by atoms with van der Waals surface area (Å²) < 4.78 is 0. The van der Waals surface area contributed by atoms with Crippen molar-refractivity contribution >= 4 is 0 Å². The van der Waals surface area contributed by atoms with Gasteiger partial charge in [0, 0.05) is 0 Å². The maximum Gasteiger partial charge on any atom is 0.109 e. The fourth-order valence-electron chi connectivity index (χ4n) is 3.96. The van der Waals surface area contributed by atoms with E-state index in [1.807, 2.05) is 18.2 Å². The molecular formula is C17H21NO. The molecule has 0 amide bonds. The predicted molar refractivity (Wildman–Crippen MR) is 74.3 cm³/mol. The summed E-state index contributed by atoms with van der Waals surface area (Å²) >= 11 is 0.